The molecular weight excluding hydrogens is 340 g/mol. The number of aromatic nitrogens is 4. The van der Waals surface area contributed by atoms with Gasteiger partial charge in [0.25, 0.3) is 0 Å². The fraction of sp³-hybridized carbons (Fsp3) is 0.579. The molecule has 0 spiro atoms. The van der Waals surface area contributed by atoms with Crippen LogP contribution in [0.4, 0.5) is 5.82 Å². The third-order valence-corrected chi connectivity index (χ3v) is 4.69. The molecule has 8 nitrogen and oxygen atoms in total. The van der Waals surface area contributed by atoms with E-state index in [1.807, 2.05) is 18.3 Å². The lowest BCUT2D eigenvalue weighted by molar-refractivity contribution is 0.369. The molecule has 1 N–H and O–H groups in total. The standard InChI is InChI=1S/C19H30N8/c1-3-8-21-19(22-10-11-27-16-23-24-17(27)4-2)26-14-12-25(13-15-26)18-7-5-6-9-20-18/h5-7,9,16H,3-4,8,10-15H2,1-2H3,(H,21,22). The van der Waals surface area contributed by atoms with Crippen molar-refractivity contribution in [2.75, 3.05) is 44.2 Å². The van der Waals surface area contributed by atoms with Gasteiger partial charge in [0.15, 0.2) is 5.96 Å². The van der Waals surface area contributed by atoms with Crippen molar-refractivity contribution in [3.05, 3.63) is 36.5 Å². The summed E-state index contributed by atoms with van der Waals surface area (Å²) in [6, 6.07) is 6.07. The van der Waals surface area contributed by atoms with Gasteiger partial charge in [-0.25, -0.2) is 4.98 Å². The fourth-order valence-electron chi connectivity index (χ4n) is 3.20. The highest BCUT2D eigenvalue weighted by atomic mass is 15.4. The van der Waals surface area contributed by atoms with Gasteiger partial charge in [-0.05, 0) is 18.6 Å². The lowest BCUT2D eigenvalue weighted by Crippen LogP contribution is -2.53. The van der Waals surface area contributed by atoms with E-state index in [4.69, 9.17) is 4.99 Å². The Bertz CT molecular complexity index is 704. The molecule has 0 amide bonds. The van der Waals surface area contributed by atoms with Crippen LogP contribution in [0, 0.1) is 0 Å². The minimum Gasteiger partial charge on any atom is -0.354 e. The van der Waals surface area contributed by atoms with E-state index in [-0.39, 0.29) is 0 Å². The number of rotatable bonds is 7. The Kier molecular flexibility index (Phi) is 7.01. The average Bonchev–Trinajstić information content (AvgIpc) is 3.19. The number of anilines is 1. The van der Waals surface area contributed by atoms with Crippen LogP contribution in [0.2, 0.25) is 0 Å². The number of nitrogens with zero attached hydrogens (tertiary/aromatic N) is 7. The quantitative estimate of drug-likeness (QED) is 0.587. The number of aryl methyl sites for hydroxylation is 1. The number of guanidine groups is 1. The van der Waals surface area contributed by atoms with Crippen LogP contribution in [0.25, 0.3) is 0 Å². The monoisotopic (exact) mass is 370 g/mol. The Morgan fingerprint density at radius 3 is 2.74 bits per heavy atom. The topological polar surface area (TPSA) is 74.5 Å². The van der Waals surface area contributed by atoms with Gasteiger partial charge >= 0.3 is 0 Å². The predicted octanol–water partition coefficient (Wildman–Crippen LogP) is 1.41. The normalized spacial score (nSPS) is 15.3. The van der Waals surface area contributed by atoms with E-state index >= 15 is 0 Å². The maximum atomic E-state index is 4.78. The summed E-state index contributed by atoms with van der Waals surface area (Å²) in [5.74, 6) is 3.08. The third kappa shape index (κ3) is 5.18. The van der Waals surface area contributed by atoms with Crippen molar-refractivity contribution in [1.82, 2.24) is 30.0 Å². The van der Waals surface area contributed by atoms with Crippen LogP contribution in [0.1, 0.15) is 26.1 Å². The molecule has 1 saturated heterocycles. The summed E-state index contributed by atoms with van der Waals surface area (Å²) in [6.07, 6.45) is 5.60. The molecule has 27 heavy (non-hydrogen) atoms. The molecule has 1 fully saturated rings. The predicted molar refractivity (Wildman–Crippen MR) is 108 cm³/mol. The molecule has 3 heterocycles. The Balaban J connectivity index is 1.54. The lowest BCUT2D eigenvalue weighted by Gasteiger charge is -2.37. The van der Waals surface area contributed by atoms with Gasteiger partial charge in [-0.15, -0.1) is 10.2 Å². The van der Waals surface area contributed by atoms with Gasteiger partial charge in [-0.1, -0.05) is 19.9 Å². The first kappa shape index (κ1) is 19.1. The summed E-state index contributed by atoms with van der Waals surface area (Å²) in [5, 5.41) is 11.7. The molecule has 2 aromatic heterocycles. The largest absolute Gasteiger partial charge is 0.354 e. The first-order valence-electron chi connectivity index (χ1n) is 9.87. The van der Waals surface area contributed by atoms with Gasteiger partial charge in [-0.3, -0.25) is 4.99 Å². The zero-order valence-corrected chi connectivity index (χ0v) is 16.4. The van der Waals surface area contributed by atoms with Gasteiger partial charge < -0.3 is 19.7 Å². The van der Waals surface area contributed by atoms with Crippen LogP contribution >= 0.6 is 0 Å². The first-order valence-corrected chi connectivity index (χ1v) is 9.87. The van der Waals surface area contributed by atoms with Crippen molar-refractivity contribution in [3.63, 3.8) is 0 Å². The average molecular weight is 371 g/mol. The van der Waals surface area contributed by atoms with Gasteiger partial charge in [0.05, 0.1) is 0 Å². The zero-order chi connectivity index (χ0) is 18.9. The lowest BCUT2D eigenvalue weighted by atomic mass is 10.3. The van der Waals surface area contributed by atoms with E-state index in [2.05, 4.69) is 54.8 Å². The van der Waals surface area contributed by atoms with Crippen LogP contribution < -0.4 is 10.2 Å². The van der Waals surface area contributed by atoms with Crippen molar-refractivity contribution in [3.8, 4) is 0 Å². The van der Waals surface area contributed by atoms with Crippen molar-refractivity contribution >= 4 is 11.8 Å². The van der Waals surface area contributed by atoms with Crippen molar-refractivity contribution in [1.29, 1.82) is 0 Å². The summed E-state index contributed by atoms with van der Waals surface area (Å²) in [5.41, 5.74) is 0. The summed E-state index contributed by atoms with van der Waals surface area (Å²) in [6.45, 7) is 10.6. The van der Waals surface area contributed by atoms with E-state index in [1.54, 1.807) is 6.33 Å². The molecular formula is C19H30N8. The molecule has 2 aromatic rings. The summed E-state index contributed by atoms with van der Waals surface area (Å²) < 4.78 is 2.10. The summed E-state index contributed by atoms with van der Waals surface area (Å²) in [4.78, 5) is 13.9. The molecule has 3 rings (SSSR count). The van der Waals surface area contributed by atoms with Crippen molar-refractivity contribution in [2.45, 2.75) is 33.2 Å². The highest BCUT2D eigenvalue weighted by Gasteiger charge is 2.20. The van der Waals surface area contributed by atoms with Crippen molar-refractivity contribution in [2.24, 2.45) is 4.99 Å². The molecule has 146 valence electrons. The SMILES string of the molecule is CCCN=C(NCCn1cnnc1CC)N1CCN(c2ccccn2)CC1. The molecule has 0 aliphatic carbocycles. The molecule has 0 atom stereocenters. The molecule has 0 radical (unpaired) electrons. The van der Waals surface area contributed by atoms with E-state index in [0.29, 0.717) is 0 Å². The van der Waals surface area contributed by atoms with Crippen LogP contribution in [0.15, 0.2) is 35.7 Å². The second-order valence-corrected chi connectivity index (χ2v) is 6.59. The summed E-state index contributed by atoms with van der Waals surface area (Å²) >= 11 is 0. The van der Waals surface area contributed by atoms with Crippen LogP contribution in [-0.4, -0.2) is 69.9 Å². The minimum absolute atomic E-state index is 0.814. The number of piperazine rings is 1. The Labute approximate surface area is 161 Å². The zero-order valence-electron chi connectivity index (χ0n) is 16.4. The molecule has 8 heteroatoms. The van der Waals surface area contributed by atoms with E-state index in [9.17, 15) is 0 Å². The fourth-order valence-corrected chi connectivity index (χ4v) is 3.20. The van der Waals surface area contributed by atoms with Gasteiger partial charge in [0, 0.05) is 58.4 Å². The van der Waals surface area contributed by atoms with E-state index in [0.717, 1.165) is 76.3 Å². The Hall–Kier alpha value is -2.64. The van der Waals surface area contributed by atoms with Crippen LogP contribution in [0.3, 0.4) is 0 Å². The molecule has 0 bridgehead atoms. The second kappa shape index (κ2) is 9.89. The van der Waals surface area contributed by atoms with Crippen LogP contribution in [-0.2, 0) is 13.0 Å². The first-order chi connectivity index (χ1) is 13.3. The van der Waals surface area contributed by atoms with Gasteiger partial charge in [0.1, 0.15) is 18.0 Å². The van der Waals surface area contributed by atoms with E-state index in [1.165, 1.54) is 0 Å². The van der Waals surface area contributed by atoms with Crippen molar-refractivity contribution < 1.29 is 0 Å². The maximum absolute atomic E-state index is 4.78. The number of hydrogen-bond acceptors (Lipinski definition) is 5. The Morgan fingerprint density at radius 1 is 1.19 bits per heavy atom. The molecule has 0 unspecified atom stereocenters. The second-order valence-electron chi connectivity index (χ2n) is 6.59. The highest BCUT2D eigenvalue weighted by molar-refractivity contribution is 5.80. The highest BCUT2D eigenvalue weighted by Crippen LogP contribution is 2.12. The number of nitrogens with one attached hydrogen (secondary N) is 1. The number of hydrogen-bond donors (Lipinski definition) is 1. The molecule has 0 saturated carbocycles. The number of pyridine rings is 1. The molecule has 0 aromatic carbocycles. The molecule has 1 aliphatic rings. The van der Waals surface area contributed by atoms with Gasteiger partial charge in [0.2, 0.25) is 0 Å². The van der Waals surface area contributed by atoms with Crippen LogP contribution in [0.5, 0.6) is 0 Å². The van der Waals surface area contributed by atoms with Gasteiger partial charge in [-0.2, -0.15) is 0 Å². The third-order valence-electron chi connectivity index (χ3n) is 4.69. The summed E-state index contributed by atoms with van der Waals surface area (Å²) in [7, 11) is 0. The Morgan fingerprint density at radius 2 is 2.04 bits per heavy atom. The van der Waals surface area contributed by atoms with E-state index < -0.39 is 0 Å². The smallest absolute Gasteiger partial charge is 0.194 e. The minimum atomic E-state index is 0.814. The number of aliphatic imine (C=N–C) groups is 1. The molecule has 1 aliphatic heterocycles. The maximum Gasteiger partial charge on any atom is 0.194 e.